The van der Waals surface area contributed by atoms with Crippen LogP contribution in [-0.4, -0.2) is 59.2 Å². The predicted octanol–water partition coefficient (Wildman–Crippen LogP) is 1.39. The maximum Gasteiger partial charge on any atom is 0.255 e. The van der Waals surface area contributed by atoms with Crippen molar-refractivity contribution in [1.82, 2.24) is 15.1 Å². The summed E-state index contributed by atoms with van der Waals surface area (Å²) in [5.41, 5.74) is 2.94. The molecule has 34 heavy (non-hydrogen) atoms. The van der Waals surface area contributed by atoms with Crippen LogP contribution in [0.3, 0.4) is 0 Å². The summed E-state index contributed by atoms with van der Waals surface area (Å²) >= 11 is 0. The molecule has 0 bridgehead atoms. The van der Waals surface area contributed by atoms with Crippen molar-refractivity contribution < 1.29 is 31.4 Å². The number of fused-ring (bicyclic) bond motifs is 1. The Morgan fingerprint density at radius 2 is 1.88 bits per heavy atom. The highest BCUT2D eigenvalue weighted by Gasteiger charge is 2.40. The van der Waals surface area contributed by atoms with Crippen molar-refractivity contribution in [2.24, 2.45) is 0 Å². The number of carbonyl (C=O) groups is 4. The maximum absolute atomic E-state index is 13.0. The van der Waals surface area contributed by atoms with Gasteiger partial charge in [-0.15, -0.1) is 0 Å². The lowest BCUT2D eigenvalue weighted by molar-refractivity contribution is -0.143. The molecule has 2 aromatic carbocycles. The summed E-state index contributed by atoms with van der Waals surface area (Å²) in [5, 5.41) is 2.30. The third-order valence-corrected chi connectivity index (χ3v) is 6.24. The van der Waals surface area contributed by atoms with E-state index in [1.165, 1.54) is 9.80 Å². The van der Waals surface area contributed by atoms with E-state index < -0.39 is 24.4 Å². The quantitative estimate of drug-likeness (QED) is 0.647. The van der Waals surface area contributed by atoms with E-state index >= 15 is 0 Å². The first kappa shape index (κ1) is 19.7. The summed E-state index contributed by atoms with van der Waals surface area (Å²) in [5.74, 6) is -1.16. The monoisotopic (exact) mass is 465 g/mol. The summed E-state index contributed by atoms with van der Waals surface area (Å²) in [6.45, 7) is -1.05. The highest BCUT2D eigenvalue weighted by molar-refractivity contribution is 6.05. The molecule has 0 aliphatic carbocycles. The minimum absolute atomic E-state index is 0.148. The van der Waals surface area contributed by atoms with Crippen LogP contribution in [-0.2, 0) is 38.8 Å². The first-order chi connectivity index (χ1) is 17.2. The molecule has 1 unspecified atom stereocenters. The number of nitrogens with zero attached hydrogens (tertiary/aromatic N) is 2. The molecule has 2 saturated heterocycles. The van der Waals surface area contributed by atoms with E-state index in [9.17, 15) is 19.2 Å². The molecular formula is C25H25N3O6. The maximum atomic E-state index is 13.0. The molecule has 0 spiro atoms. The van der Waals surface area contributed by atoms with Crippen LogP contribution in [0.1, 0.15) is 42.6 Å². The largest absolute Gasteiger partial charge is 0.489 e. The SMILES string of the molecule is [2H]C1([2H])OCCN(Cc2ccc(COc3cccc4c3CN(C3CCC(=O)NC3=O)C4=O)cc2)C1=O. The van der Waals surface area contributed by atoms with Gasteiger partial charge in [-0.25, -0.2) is 0 Å². The molecule has 0 aromatic heterocycles. The van der Waals surface area contributed by atoms with E-state index in [4.69, 9.17) is 12.2 Å². The zero-order chi connectivity index (χ0) is 25.4. The fourth-order valence-electron chi connectivity index (χ4n) is 4.40. The standard InChI is InChI=1S/C25H25N3O6/c29-22-9-8-20(24(31)26-22)28-13-19-18(25(28)32)2-1-3-21(19)34-14-17-6-4-16(5-7-17)12-27-10-11-33-15-23(27)30/h1-7,20H,8-15H2,(H,26,29,31)/i15D2. The average Bonchev–Trinajstić information content (AvgIpc) is 3.18. The normalized spacial score (nSPS) is 22.8. The van der Waals surface area contributed by atoms with Crippen molar-refractivity contribution in [2.75, 3.05) is 19.7 Å². The van der Waals surface area contributed by atoms with Crippen LogP contribution >= 0.6 is 0 Å². The van der Waals surface area contributed by atoms with E-state index in [1.807, 2.05) is 24.3 Å². The molecule has 5 rings (SSSR count). The Hall–Kier alpha value is -3.72. The first-order valence-corrected chi connectivity index (χ1v) is 11.1. The Kier molecular flexibility index (Phi) is 5.37. The van der Waals surface area contributed by atoms with E-state index in [1.54, 1.807) is 18.2 Å². The molecule has 4 amide bonds. The van der Waals surface area contributed by atoms with E-state index in [0.29, 0.717) is 29.8 Å². The van der Waals surface area contributed by atoms with Crippen LogP contribution in [0.2, 0.25) is 0 Å². The number of imide groups is 1. The smallest absolute Gasteiger partial charge is 0.255 e. The number of benzene rings is 2. The number of amides is 4. The van der Waals surface area contributed by atoms with Crippen LogP contribution in [0.4, 0.5) is 0 Å². The van der Waals surface area contributed by atoms with Crippen LogP contribution in [0.25, 0.3) is 0 Å². The summed E-state index contributed by atoms with van der Waals surface area (Å²) in [7, 11) is 0. The summed E-state index contributed by atoms with van der Waals surface area (Å²) in [6.07, 6.45) is 0.496. The highest BCUT2D eigenvalue weighted by atomic mass is 16.5. The number of nitrogens with one attached hydrogen (secondary N) is 1. The van der Waals surface area contributed by atoms with Crippen molar-refractivity contribution in [3.8, 4) is 5.75 Å². The molecule has 3 aliphatic rings. The lowest BCUT2D eigenvalue weighted by Crippen LogP contribution is -2.52. The molecule has 3 aliphatic heterocycles. The topological polar surface area (TPSA) is 105 Å². The minimum Gasteiger partial charge on any atom is -0.489 e. The molecule has 2 aromatic rings. The van der Waals surface area contributed by atoms with Gasteiger partial charge in [0.25, 0.3) is 5.91 Å². The van der Waals surface area contributed by atoms with Crippen molar-refractivity contribution in [3.63, 3.8) is 0 Å². The number of piperidine rings is 1. The highest BCUT2D eigenvalue weighted by Crippen LogP contribution is 2.34. The molecule has 1 N–H and O–H groups in total. The van der Waals surface area contributed by atoms with E-state index in [2.05, 4.69) is 5.32 Å². The van der Waals surface area contributed by atoms with Crippen molar-refractivity contribution in [1.29, 1.82) is 0 Å². The van der Waals surface area contributed by atoms with Crippen molar-refractivity contribution in [3.05, 3.63) is 64.7 Å². The summed E-state index contributed by atoms with van der Waals surface area (Å²) < 4.78 is 26.2. The van der Waals surface area contributed by atoms with Gasteiger partial charge in [-0.2, -0.15) is 0 Å². The Morgan fingerprint density at radius 1 is 1.09 bits per heavy atom. The molecule has 0 radical (unpaired) electrons. The molecular weight excluding hydrogens is 438 g/mol. The predicted molar refractivity (Wildman–Crippen MR) is 119 cm³/mol. The summed E-state index contributed by atoms with van der Waals surface area (Å²) in [6, 6.07) is 12.0. The third kappa shape index (κ3) is 4.38. The van der Waals surface area contributed by atoms with Gasteiger partial charge in [-0.05, 0) is 29.7 Å². The van der Waals surface area contributed by atoms with E-state index in [0.717, 1.165) is 11.1 Å². The van der Waals surface area contributed by atoms with Gasteiger partial charge >= 0.3 is 0 Å². The fraction of sp³-hybridized carbons (Fsp3) is 0.360. The van der Waals surface area contributed by atoms with Gasteiger partial charge in [0.15, 0.2) is 0 Å². The second-order valence-electron chi connectivity index (χ2n) is 8.46. The van der Waals surface area contributed by atoms with Crippen LogP contribution in [0.15, 0.2) is 42.5 Å². The molecule has 3 heterocycles. The molecule has 176 valence electrons. The van der Waals surface area contributed by atoms with Gasteiger partial charge in [0.1, 0.15) is 25.0 Å². The van der Waals surface area contributed by atoms with Gasteiger partial charge < -0.3 is 19.3 Å². The molecule has 2 fully saturated rings. The molecule has 1 atom stereocenters. The van der Waals surface area contributed by atoms with Crippen molar-refractivity contribution in [2.45, 2.75) is 38.6 Å². The Labute approximate surface area is 199 Å². The molecule has 0 saturated carbocycles. The molecule has 9 nitrogen and oxygen atoms in total. The number of hydrogen-bond donors (Lipinski definition) is 1. The lowest BCUT2D eigenvalue weighted by Gasteiger charge is -2.29. The second kappa shape index (κ2) is 9.26. The average molecular weight is 466 g/mol. The van der Waals surface area contributed by atoms with E-state index in [-0.39, 0.29) is 44.5 Å². The third-order valence-electron chi connectivity index (χ3n) is 6.24. The Balaban J connectivity index is 1.23. The lowest BCUT2D eigenvalue weighted by atomic mass is 10.0. The van der Waals surface area contributed by atoms with Crippen molar-refractivity contribution >= 4 is 23.6 Å². The molecule has 9 heteroatoms. The first-order valence-electron chi connectivity index (χ1n) is 12.1. The van der Waals surface area contributed by atoms with Gasteiger partial charge in [-0.3, -0.25) is 24.5 Å². The Bertz CT molecular complexity index is 1230. The number of carbonyl (C=O) groups excluding carboxylic acids is 4. The van der Waals surface area contributed by atoms with Gasteiger partial charge in [0.2, 0.25) is 17.7 Å². The zero-order valence-electron chi connectivity index (χ0n) is 20.4. The Morgan fingerprint density at radius 3 is 2.68 bits per heavy atom. The zero-order valence-corrected chi connectivity index (χ0v) is 18.4. The van der Waals surface area contributed by atoms with Gasteiger partial charge in [0, 0.05) is 30.6 Å². The van der Waals surface area contributed by atoms with Crippen LogP contribution < -0.4 is 10.1 Å². The number of ether oxygens (including phenoxy) is 2. The number of hydrogen-bond acceptors (Lipinski definition) is 6. The minimum atomic E-state index is -2.29. The van der Waals surface area contributed by atoms with Crippen LogP contribution in [0.5, 0.6) is 5.75 Å². The number of morpholine rings is 1. The number of rotatable bonds is 6. The van der Waals surface area contributed by atoms with Crippen LogP contribution in [0, 0.1) is 0 Å². The van der Waals surface area contributed by atoms with Gasteiger partial charge in [-0.1, -0.05) is 30.3 Å². The second-order valence-corrected chi connectivity index (χ2v) is 8.46. The summed E-state index contributed by atoms with van der Waals surface area (Å²) in [4.78, 5) is 51.8. The fourth-order valence-corrected chi connectivity index (χ4v) is 4.40. The van der Waals surface area contributed by atoms with Gasteiger partial charge in [0.05, 0.1) is 15.9 Å².